The fraction of sp³-hybridized carbons (Fsp3) is 0.125. The molecule has 1 N–H and O–H groups in total. The van der Waals surface area contributed by atoms with Crippen LogP contribution in [0.15, 0.2) is 24.3 Å². The standard InChI is InChI=1S/C8H8N2S/c1-11-10-8-4-2-3-7(5-8)6-9/h2-5,10H,1H3. The normalized spacial score (nSPS) is 8.73. The smallest absolute Gasteiger partial charge is 0.0992 e. The molecule has 1 aromatic rings. The second-order valence-corrected chi connectivity index (χ2v) is 2.61. The van der Waals surface area contributed by atoms with E-state index in [1.54, 1.807) is 6.07 Å². The van der Waals surface area contributed by atoms with Gasteiger partial charge in [-0.25, -0.2) is 0 Å². The Balaban J connectivity index is 2.85. The van der Waals surface area contributed by atoms with Gasteiger partial charge in [0.15, 0.2) is 0 Å². The Bertz CT molecular complexity index is 278. The Kier molecular flexibility index (Phi) is 2.82. The highest BCUT2D eigenvalue weighted by Crippen LogP contribution is 2.12. The van der Waals surface area contributed by atoms with Gasteiger partial charge >= 0.3 is 0 Å². The number of anilines is 1. The van der Waals surface area contributed by atoms with E-state index in [1.807, 2.05) is 24.5 Å². The van der Waals surface area contributed by atoms with Crippen molar-refractivity contribution >= 4 is 17.6 Å². The molecule has 1 aromatic carbocycles. The fourth-order valence-electron chi connectivity index (χ4n) is 0.770. The second-order valence-electron chi connectivity index (χ2n) is 2.00. The largest absolute Gasteiger partial charge is 0.330 e. The lowest BCUT2D eigenvalue weighted by Crippen LogP contribution is -1.84. The summed E-state index contributed by atoms with van der Waals surface area (Å²) in [6.07, 6.45) is 1.94. The zero-order valence-corrected chi connectivity index (χ0v) is 6.98. The van der Waals surface area contributed by atoms with Crippen LogP contribution in [-0.2, 0) is 0 Å². The molecule has 0 radical (unpaired) electrons. The summed E-state index contributed by atoms with van der Waals surface area (Å²) in [5.41, 5.74) is 1.65. The van der Waals surface area contributed by atoms with Crippen molar-refractivity contribution in [1.29, 1.82) is 5.26 Å². The minimum atomic E-state index is 0.684. The maximum atomic E-state index is 8.55. The van der Waals surface area contributed by atoms with Gasteiger partial charge in [0.2, 0.25) is 0 Å². The average Bonchev–Trinajstić information content (AvgIpc) is 2.06. The SMILES string of the molecule is CSNc1cccc(C#N)c1. The van der Waals surface area contributed by atoms with Crippen molar-refractivity contribution in [3.05, 3.63) is 29.8 Å². The molecular formula is C8H8N2S. The fourth-order valence-corrected chi connectivity index (χ4v) is 1.13. The van der Waals surface area contributed by atoms with Crippen LogP contribution in [0.3, 0.4) is 0 Å². The van der Waals surface area contributed by atoms with Crippen molar-refractivity contribution in [2.45, 2.75) is 0 Å². The third-order valence-electron chi connectivity index (χ3n) is 1.21. The first-order valence-corrected chi connectivity index (χ1v) is 4.38. The highest BCUT2D eigenvalue weighted by atomic mass is 32.2. The first kappa shape index (κ1) is 7.96. The zero-order chi connectivity index (χ0) is 8.10. The van der Waals surface area contributed by atoms with E-state index in [0.717, 1.165) is 5.69 Å². The van der Waals surface area contributed by atoms with Crippen LogP contribution in [0.2, 0.25) is 0 Å². The quantitative estimate of drug-likeness (QED) is 0.681. The van der Waals surface area contributed by atoms with E-state index in [2.05, 4.69) is 10.8 Å². The highest BCUT2D eigenvalue weighted by molar-refractivity contribution is 7.99. The molecule has 0 aliphatic carbocycles. The average molecular weight is 164 g/mol. The van der Waals surface area contributed by atoms with Gasteiger partial charge in [0.1, 0.15) is 0 Å². The maximum absolute atomic E-state index is 8.55. The molecule has 3 heteroatoms. The van der Waals surface area contributed by atoms with Gasteiger partial charge in [0.05, 0.1) is 11.6 Å². The molecule has 0 bridgehead atoms. The molecule has 11 heavy (non-hydrogen) atoms. The van der Waals surface area contributed by atoms with Gasteiger partial charge < -0.3 is 4.72 Å². The lowest BCUT2D eigenvalue weighted by Gasteiger charge is -2.00. The Morgan fingerprint density at radius 3 is 3.00 bits per heavy atom. The van der Waals surface area contributed by atoms with Crippen LogP contribution in [-0.4, -0.2) is 6.26 Å². The van der Waals surface area contributed by atoms with Gasteiger partial charge in [-0.1, -0.05) is 18.0 Å². The molecule has 0 aromatic heterocycles. The van der Waals surface area contributed by atoms with Crippen molar-refractivity contribution in [3.63, 3.8) is 0 Å². The van der Waals surface area contributed by atoms with Crippen LogP contribution < -0.4 is 4.72 Å². The molecule has 0 fully saturated rings. The molecule has 0 heterocycles. The van der Waals surface area contributed by atoms with Gasteiger partial charge in [-0.15, -0.1) is 0 Å². The number of rotatable bonds is 2. The van der Waals surface area contributed by atoms with Gasteiger partial charge in [0.25, 0.3) is 0 Å². The van der Waals surface area contributed by atoms with Crippen LogP contribution in [0.1, 0.15) is 5.56 Å². The molecule has 0 saturated heterocycles. The molecular weight excluding hydrogens is 156 g/mol. The van der Waals surface area contributed by atoms with Crippen molar-refractivity contribution in [2.24, 2.45) is 0 Å². The molecule has 0 aliphatic heterocycles. The summed E-state index contributed by atoms with van der Waals surface area (Å²) in [6.45, 7) is 0. The monoisotopic (exact) mass is 164 g/mol. The van der Waals surface area contributed by atoms with Crippen LogP contribution in [0.5, 0.6) is 0 Å². The van der Waals surface area contributed by atoms with Crippen LogP contribution >= 0.6 is 11.9 Å². The van der Waals surface area contributed by atoms with Crippen molar-refractivity contribution < 1.29 is 0 Å². The number of hydrogen-bond donors (Lipinski definition) is 1. The van der Waals surface area contributed by atoms with Crippen LogP contribution in [0.4, 0.5) is 5.69 Å². The Morgan fingerprint density at radius 1 is 1.55 bits per heavy atom. The molecule has 0 atom stereocenters. The lowest BCUT2D eigenvalue weighted by atomic mass is 10.2. The first-order valence-electron chi connectivity index (χ1n) is 3.16. The van der Waals surface area contributed by atoms with E-state index in [9.17, 15) is 0 Å². The Labute approximate surface area is 70.4 Å². The van der Waals surface area contributed by atoms with Gasteiger partial charge in [-0.3, -0.25) is 0 Å². The highest BCUT2D eigenvalue weighted by Gasteiger charge is 1.91. The van der Waals surface area contributed by atoms with E-state index in [1.165, 1.54) is 11.9 Å². The molecule has 0 amide bonds. The minimum absolute atomic E-state index is 0.684. The second kappa shape index (κ2) is 3.89. The number of benzene rings is 1. The summed E-state index contributed by atoms with van der Waals surface area (Å²) in [7, 11) is 0. The van der Waals surface area contributed by atoms with Crippen LogP contribution in [0.25, 0.3) is 0 Å². The van der Waals surface area contributed by atoms with E-state index < -0.39 is 0 Å². The number of nitrogens with zero attached hydrogens (tertiary/aromatic N) is 1. The molecule has 0 spiro atoms. The van der Waals surface area contributed by atoms with Crippen molar-refractivity contribution in [1.82, 2.24) is 0 Å². The van der Waals surface area contributed by atoms with Crippen LogP contribution in [0, 0.1) is 11.3 Å². The molecule has 0 unspecified atom stereocenters. The predicted octanol–water partition coefficient (Wildman–Crippen LogP) is 2.25. The topological polar surface area (TPSA) is 35.8 Å². The Morgan fingerprint density at radius 2 is 2.36 bits per heavy atom. The summed E-state index contributed by atoms with van der Waals surface area (Å²) in [5, 5.41) is 8.55. The van der Waals surface area contributed by atoms with Gasteiger partial charge in [-0.05, 0) is 18.2 Å². The van der Waals surface area contributed by atoms with Crippen molar-refractivity contribution in [3.8, 4) is 6.07 Å². The van der Waals surface area contributed by atoms with Crippen molar-refractivity contribution in [2.75, 3.05) is 11.0 Å². The number of nitriles is 1. The van der Waals surface area contributed by atoms with E-state index in [-0.39, 0.29) is 0 Å². The summed E-state index contributed by atoms with van der Waals surface area (Å²) in [6, 6.07) is 9.46. The first-order chi connectivity index (χ1) is 5.36. The predicted molar refractivity (Wildman–Crippen MR) is 48.3 cm³/mol. The van der Waals surface area contributed by atoms with Gasteiger partial charge in [-0.2, -0.15) is 5.26 Å². The third kappa shape index (κ3) is 2.17. The summed E-state index contributed by atoms with van der Waals surface area (Å²) in [5.74, 6) is 0. The molecule has 0 saturated carbocycles. The van der Waals surface area contributed by atoms with E-state index >= 15 is 0 Å². The molecule has 56 valence electrons. The summed E-state index contributed by atoms with van der Waals surface area (Å²) in [4.78, 5) is 0. The number of hydrogen-bond acceptors (Lipinski definition) is 3. The third-order valence-corrected chi connectivity index (χ3v) is 1.65. The summed E-state index contributed by atoms with van der Waals surface area (Å²) < 4.78 is 3.05. The Hall–Kier alpha value is -1.14. The minimum Gasteiger partial charge on any atom is -0.330 e. The molecule has 0 aliphatic rings. The summed E-state index contributed by atoms with van der Waals surface area (Å²) >= 11 is 1.51. The number of nitrogens with one attached hydrogen (secondary N) is 1. The van der Waals surface area contributed by atoms with E-state index in [4.69, 9.17) is 5.26 Å². The maximum Gasteiger partial charge on any atom is 0.0992 e. The van der Waals surface area contributed by atoms with Gasteiger partial charge in [0, 0.05) is 11.9 Å². The zero-order valence-electron chi connectivity index (χ0n) is 6.16. The molecule has 1 rings (SSSR count). The lowest BCUT2D eigenvalue weighted by molar-refractivity contribution is 1.48. The molecule has 2 nitrogen and oxygen atoms in total. The van der Waals surface area contributed by atoms with E-state index in [0.29, 0.717) is 5.56 Å².